The molecule has 9 nitrogen and oxygen atoms in total. The molecule has 2 heterocycles. The van der Waals surface area contributed by atoms with E-state index in [2.05, 4.69) is 6.58 Å². The van der Waals surface area contributed by atoms with Gasteiger partial charge in [-0.05, 0) is 57.4 Å². The molecular formula is C30H48O9. The fourth-order valence-electron chi connectivity index (χ4n) is 7.21. The molecule has 1 aliphatic carbocycles. The van der Waals surface area contributed by atoms with Crippen LogP contribution in [0.15, 0.2) is 12.2 Å². The Labute approximate surface area is 232 Å². The Balaban J connectivity index is 2.21. The number of ether oxygens (including phenoxy) is 4. The van der Waals surface area contributed by atoms with Gasteiger partial charge in [0.05, 0.1) is 12.2 Å². The fourth-order valence-corrected chi connectivity index (χ4v) is 7.21. The fraction of sp³-hybridized carbons (Fsp3) is 0.833. The van der Waals surface area contributed by atoms with Crippen LogP contribution in [0.5, 0.6) is 0 Å². The van der Waals surface area contributed by atoms with Crippen LogP contribution in [0, 0.1) is 23.7 Å². The number of rotatable bonds is 8. The summed E-state index contributed by atoms with van der Waals surface area (Å²) in [6, 6.07) is 0. The highest BCUT2D eigenvalue weighted by Gasteiger charge is 2.69. The molecule has 0 aromatic carbocycles. The molecule has 10 atom stereocenters. The monoisotopic (exact) mass is 552 g/mol. The number of fused-ring (bicyclic) bond motifs is 5. The van der Waals surface area contributed by atoms with Crippen LogP contribution in [0.2, 0.25) is 0 Å². The van der Waals surface area contributed by atoms with Crippen molar-refractivity contribution in [3.8, 4) is 0 Å². The standard InChI is InChI=1S/C30H48O9/c1-9-11-21(33)38-26-23(16(3)4)24-25(30(8,35)28(26)36-18(6)31)20-15-17(5)19(32)13-14-29(7,27(24)37-20)39-22(34)12-10-2/h16,19-20,23-28,32,35H,5,9-15H2,1-4,6-8H3. The number of hydrogen-bond donors (Lipinski definition) is 2. The summed E-state index contributed by atoms with van der Waals surface area (Å²) in [5, 5.41) is 23.1. The van der Waals surface area contributed by atoms with Gasteiger partial charge in [-0.3, -0.25) is 14.4 Å². The van der Waals surface area contributed by atoms with Gasteiger partial charge in [-0.25, -0.2) is 0 Å². The lowest BCUT2D eigenvalue weighted by Gasteiger charge is -2.55. The van der Waals surface area contributed by atoms with Crippen molar-refractivity contribution in [3.63, 3.8) is 0 Å². The number of carbonyl (C=O) groups is 3. The molecule has 2 saturated heterocycles. The molecule has 222 valence electrons. The number of hydrogen-bond acceptors (Lipinski definition) is 9. The SMILES string of the molecule is C=C1CC2OC(C3C(C(C)C)C(OC(=O)CCC)C(OC(C)=O)C(C)(O)C23)C(C)(OC(=O)CCC)CCC1O. The second kappa shape index (κ2) is 12.3. The number of aliphatic hydroxyl groups excluding tert-OH is 1. The van der Waals surface area contributed by atoms with Gasteiger partial charge in [-0.2, -0.15) is 0 Å². The summed E-state index contributed by atoms with van der Waals surface area (Å²) >= 11 is 0. The summed E-state index contributed by atoms with van der Waals surface area (Å²) < 4.78 is 24.6. The topological polar surface area (TPSA) is 129 Å². The molecule has 2 bridgehead atoms. The van der Waals surface area contributed by atoms with Crippen LogP contribution >= 0.6 is 0 Å². The van der Waals surface area contributed by atoms with Crippen molar-refractivity contribution in [1.82, 2.24) is 0 Å². The molecular weight excluding hydrogens is 504 g/mol. The minimum absolute atomic E-state index is 0.0664. The minimum Gasteiger partial charge on any atom is -0.458 e. The number of aliphatic hydroxyl groups is 2. The van der Waals surface area contributed by atoms with Crippen molar-refractivity contribution < 1.29 is 43.5 Å². The molecule has 3 fully saturated rings. The summed E-state index contributed by atoms with van der Waals surface area (Å²) in [4.78, 5) is 38.0. The van der Waals surface area contributed by atoms with Crippen LogP contribution in [0.25, 0.3) is 0 Å². The molecule has 0 spiro atoms. The Hall–Kier alpha value is -1.97. The average Bonchev–Trinajstić information content (AvgIpc) is 3.21. The van der Waals surface area contributed by atoms with E-state index in [0.717, 1.165) is 0 Å². The van der Waals surface area contributed by atoms with E-state index in [1.54, 1.807) is 6.92 Å². The zero-order valence-corrected chi connectivity index (χ0v) is 24.6. The van der Waals surface area contributed by atoms with Crippen LogP contribution in [0.3, 0.4) is 0 Å². The molecule has 0 aromatic rings. The smallest absolute Gasteiger partial charge is 0.306 e. The lowest BCUT2D eigenvalue weighted by atomic mass is 9.55. The molecule has 2 N–H and O–H groups in total. The Kier molecular flexibility index (Phi) is 9.93. The second-order valence-corrected chi connectivity index (χ2v) is 12.4. The quantitative estimate of drug-likeness (QED) is 0.262. The van der Waals surface area contributed by atoms with Crippen LogP contribution in [-0.4, -0.2) is 69.8 Å². The molecule has 0 aromatic heterocycles. The van der Waals surface area contributed by atoms with E-state index in [1.807, 2.05) is 34.6 Å². The predicted octanol–water partition coefficient (Wildman–Crippen LogP) is 3.87. The first kappa shape index (κ1) is 31.6. The van der Waals surface area contributed by atoms with Gasteiger partial charge in [0, 0.05) is 37.5 Å². The third kappa shape index (κ3) is 6.35. The van der Waals surface area contributed by atoms with E-state index < -0.39 is 65.5 Å². The zero-order chi connectivity index (χ0) is 29.3. The third-order valence-electron chi connectivity index (χ3n) is 8.90. The summed E-state index contributed by atoms with van der Waals surface area (Å²) in [5.74, 6) is -2.81. The van der Waals surface area contributed by atoms with Gasteiger partial charge in [0.2, 0.25) is 0 Å². The highest BCUT2D eigenvalue weighted by molar-refractivity contribution is 5.70. The molecule has 0 amide bonds. The lowest BCUT2D eigenvalue weighted by molar-refractivity contribution is -0.241. The van der Waals surface area contributed by atoms with E-state index >= 15 is 0 Å². The normalized spacial score (nSPS) is 40.2. The minimum atomic E-state index is -1.66. The van der Waals surface area contributed by atoms with Gasteiger partial charge in [0.1, 0.15) is 23.4 Å². The molecule has 9 heteroatoms. The van der Waals surface area contributed by atoms with E-state index in [1.165, 1.54) is 6.92 Å². The van der Waals surface area contributed by atoms with Crippen LogP contribution in [0.1, 0.15) is 93.4 Å². The highest BCUT2D eigenvalue weighted by Crippen LogP contribution is 2.58. The molecule has 0 radical (unpaired) electrons. The van der Waals surface area contributed by atoms with Gasteiger partial charge < -0.3 is 29.2 Å². The maximum atomic E-state index is 12.8. The first-order chi connectivity index (χ1) is 18.2. The Morgan fingerprint density at radius 1 is 1.10 bits per heavy atom. The van der Waals surface area contributed by atoms with E-state index in [-0.39, 0.29) is 37.1 Å². The molecule has 1 saturated carbocycles. The first-order valence-corrected chi connectivity index (χ1v) is 14.5. The number of esters is 3. The van der Waals surface area contributed by atoms with Gasteiger partial charge in [-0.1, -0.05) is 34.3 Å². The molecule has 39 heavy (non-hydrogen) atoms. The van der Waals surface area contributed by atoms with Gasteiger partial charge in [0.25, 0.3) is 0 Å². The molecule has 3 aliphatic rings. The summed E-state index contributed by atoms with van der Waals surface area (Å²) in [6.45, 7) is 16.6. The summed E-state index contributed by atoms with van der Waals surface area (Å²) in [6.07, 6.45) is -1.55. The van der Waals surface area contributed by atoms with Crippen molar-refractivity contribution in [2.45, 2.75) is 135 Å². The number of carbonyl (C=O) groups excluding carboxylic acids is 3. The lowest BCUT2D eigenvalue weighted by Crippen LogP contribution is -2.68. The van der Waals surface area contributed by atoms with E-state index in [4.69, 9.17) is 18.9 Å². The van der Waals surface area contributed by atoms with Crippen molar-refractivity contribution in [3.05, 3.63) is 12.2 Å². The maximum absolute atomic E-state index is 12.8. The summed E-state index contributed by atoms with van der Waals surface area (Å²) in [5.41, 5.74) is -2.21. The van der Waals surface area contributed by atoms with Gasteiger partial charge in [0.15, 0.2) is 6.10 Å². The Bertz CT molecular complexity index is 927. The highest BCUT2D eigenvalue weighted by atomic mass is 16.6. The Morgan fingerprint density at radius 2 is 1.72 bits per heavy atom. The van der Waals surface area contributed by atoms with Gasteiger partial charge in [-0.15, -0.1) is 0 Å². The van der Waals surface area contributed by atoms with Crippen LogP contribution in [0.4, 0.5) is 0 Å². The predicted molar refractivity (Wildman–Crippen MR) is 143 cm³/mol. The maximum Gasteiger partial charge on any atom is 0.306 e. The van der Waals surface area contributed by atoms with E-state index in [0.29, 0.717) is 31.3 Å². The van der Waals surface area contributed by atoms with E-state index in [9.17, 15) is 24.6 Å². The molecule has 3 rings (SSSR count). The summed E-state index contributed by atoms with van der Waals surface area (Å²) in [7, 11) is 0. The van der Waals surface area contributed by atoms with Crippen molar-refractivity contribution >= 4 is 17.9 Å². The van der Waals surface area contributed by atoms with Crippen molar-refractivity contribution in [1.29, 1.82) is 0 Å². The zero-order valence-electron chi connectivity index (χ0n) is 24.6. The molecule has 10 unspecified atom stereocenters. The average molecular weight is 553 g/mol. The first-order valence-electron chi connectivity index (χ1n) is 14.5. The third-order valence-corrected chi connectivity index (χ3v) is 8.90. The molecule has 2 aliphatic heterocycles. The van der Waals surface area contributed by atoms with Crippen LogP contribution in [-0.2, 0) is 33.3 Å². The van der Waals surface area contributed by atoms with Crippen molar-refractivity contribution in [2.75, 3.05) is 0 Å². The van der Waals surface area contributed by atoms with Gasteiger partial charge >= 0.3 is 17.9 Å². The van der Waals surface area contributed by atoms with Crippen molar-refractivity contribution in [2.24, 2.45) is 23.7 Å². The largest absolute Gasteiger partial charge is 0.458 e. The Morgan fingerprint density at radius 3 is 2.28 bits per heavy atom. The van der Waals surface area contributed by atoms with Crippen LogP contribution < -0.4 is 0 Å². The second-order valence-electron chi connectivity index (χ2n) is 12.4.